The predicted molar refractivity (Wildman–Crippen MR) is 70.0 cm³/mol. The summed E-state index contributed by atoms with van der Waals surface area (Å²) >= 11 is 0. The monoisotopic (exact) mass is 324 g/mol. The first-order valence-corrected chi connectivity index (χ1v) is 5.64. The molecule has 2 aromatic rings. The second-order valence-electron chi connectivity index (χ2n) is 4.14. The Hall–Kier alpha value is -2.18. The van der Waals surface area contributed by atoms with Gasteiger partial charge in [0.25, 0.3) is 0 Å². The summed E-state index contributed by atoms with van der Waals surface area (Å²) in [7, 11) is 2.38. The van der Waals surface area contributed by atoms with Gasteiger partial charge in [-0.2, -0.15) is 17.6 Å². The topological polar surface area (TPSA) is 9.23 Å². The van der Waals surface area contributed by atoms with E-state index in [4.69, 9.17) is 1.37 Å². The number of benzene rings is 2. The van der Waals surface area contributed by atoms with E-state index in [1.807, 2.05) is 0 Å². The van der Waals surface area contributed by atoms with E-state index in [2.05, 4.69) is 4.74 Å². The molecule has 1 nitrogen and oxygen atoms in total. The molecule has 0 aliphatic rings. The van der Waals surface area contributed by atoms with Crippen LogP contribution in [0.5, 0.6) is 5.75 Å². The van der Waals surface area contributed by atoms with E-state index in [1.165, 1.54) is 7.40 Å². The predicted octanol–water partition coefficient (Wildman–Crippen LogP) is 5.43. The highest BCUT2D eigenvalue weighted by Crippen LogP contribution is 2.35. The van der Waals surface area contributed by atoms with Gasteiger partial charge in [0.2, 0.25) is 5.82 Å². The average molecular weight is 324 g/mol. The molecule has 0 bridgehead atoms. The van der Waals surface area contributed by atoms with Gasteiger partial charge in [0.15, 0.2) is 11.6 Å². The van der Waals surface area contributed by atoms with E-state index in [9.17, 15) is 26.3 Å². The van der Waals surface area contributed by atoms with Crippen LogP contribution in [0, 0.1) is 17.5 Å². The molecule has 22 heavy (non-hydrogen) atoms. The fourth-order valence-electron chi connectivity index (χ4n) is 1.82. The normalized spacial score (nSPS) is 11.4. The molecule has 0 saturated heterocycles. The van der Waals surface area contributed by atoms with Gasteiger partial charge in [0, 0.05) is 6.93 Å². The number of hydrogen-bond acceptors (Lipinski definition) is 1. The van der Waals surface area contributed by atoms with Gasteiger partial charge in [-0.15, -0.1) is 0 Å². The molecular formula is C15H12F6O. The van der Waals surface area contributed by atoms with Gasteiger partial charge in [0.05, 0.1) is 12.7 Å². The molecular weight excluding hydrogens is 310 g/mol. The van der Waals surface area contributed by atoms with Gasteiger partial charge in [-0.05, 0) is 29.8 Å². The van der Waals surface area contributed by atoms with E-state index < -0.39 is 29.2 Å². The van der Waals surface area contributed by atoms with Crippen LogP contribution < -0.4 is 4.74 Å². The Bertz CT molecular complexity index is 684. The largest absolute Gasteiger partial charge is 0.494 e. The molecule has 0 heterocycles. The Morgan fingerprint density at radius 2 is 1.64 bits per heavy atom. The number of ether oxygens (including phenoxy) is 1. The van der Waals surface area contributed by atoms with Gasteiger partial charge >= 0.3 is 6.18 Å². The van der Waals surface area contributed by atoms with E-state index in [0.29, 0.717) is 12.1 Å². The minimum atomic E-state index is -4.85. The first-order valence-electron chi connectivity index (χ1n) is 6.64. The Morgan fingerprint density at radius 1 is 1.00 bits per heavy atom. The van der Waals surface area contributed by atoms with Crippen molar-refractivity contribution in [2.75, 3.05) is 7.11 Å². The molecule has 0 saturated carbocycles. The SMILES string of the molecule is COc1ccc(-c2ccc(C(F)(F)F)c(F)c2)c(F)c1F.[3H]C. The first-order chi connectivity index (χ1) is 10.8. The van der Waals surface area contributed by atoms with E-state index in [1.54, 1.807) is 0 Å². The van der Waals surface area contributed by atoms with Crippen molar-refractivity contribution in [1.29, 1.82) is 0 Å². The van der Waals surface area contributed by atoms with Gasteiger partial charge in [-0.1, -0.05) is 13.5 Å². The van der Waals surface area contributed by atoms with Gasteiger partial charge in [-0.25, -0.2) is 8.78 Å². The lowest BCUT2D eigenvalue weighted by Gasteiger charge is -2.11. The van der Waals surface area contributed by atoms with E-state index >= 15 is 0 Å². The Morgan fingerprint density at radius 3 is 2.14 bits per heavy atom. The van der Waals surface area contributed by atoms with Crippen molar-refractivity contribution in [3.05, 3.63) is 53.3 Å². The fraction of sp³-hybridized carbons (Fsp3) is 0.200. The zero-order chi connectivity index (χ0) is 17.8. The molecule has 7 heteroatoms. The van der Waals surface area contributed by atoms with Crippen molar-refractivity contribution in [3.63, 3.8) is 0 Å². The number of halogens is 6. The molecule has 120 valence electrons. The van der Waals surface area contributed by atoms with Crippen LogP contribution in [0.4, 0.5) is 26.3 Å². The summed E-state index contributed by atoms with van der Waals surface area (Å²) in [5.41, 5.74) is -2.04. The van der Waals surface area contributed by atoms with Crippen LogP contribution in [0.25, 0.3) is 11.1 Å². The second-order valence-corrected chi connectivity index (χ2v) is 4.14. The van der Waals surface area contributed by atoms with Crippen molar-refractivity contribution in [3.8, 4) is 16.9 Å². The van der Waals surface area contributed by atoms with Crippen molar-refractivity contribution in [2.24, 2.45) is 0 Å². The number of alkyl halides is 3. The Kier molecular flexibility index (Phi) is 4.63. The number of rotatable bonds is 2. The van der Waals surface area contributed by atoms with Gasteiger partial charge < -0.3 is 4.74 Å². The second kappa shape index (κ2) is 6.29. The maximum Gasteiger partial charge on any atom is 0.419 e. The van der Waals surface area contributed by atoms with Crippen molar-refractivity contribution >= 4 is 0 Å². The fourth-order valence-corrected chi connectivity index (χ4v) is 1.82. The van der Waals surface area contributed by atoms with E-state index in [0.717, 1.165) is 25.3 Å². The molecule has 2 aromatic carbocycles. The molecule has 0 unspecified atom stereocenters. The molecule has 0 N–H and O–H groups in total. The van der Waals surface area contributed by atoms with Crippen LogP contribution in [0.3, 0.4) is 0 Å². The molecule has 2 rings (SSSR count). The van der Waals surface area contributed by atoms with Crippen LogP contribution in [0.1, 0.15) is 14.3 Å². The third-order valence-corrected chi connectivity index (χ3v) is 2.85. The zero-order valence-electron chi connectivity index (χ0n) is 12.6. The smallest absolute Gasteiger partial charge is 0.419 e. The summed E-state index contributed by atoms with van der Waals surface area (Å²) in [4.78, 5) is 0. The molecule has 0 fully saturated rings. The maximum atomic E-state index is 13.8. The molecule has 0 amide bonds. The summed E-state index contributed by atoms with van der Waals surface area (Å²) < 4.78 is 88.4. The first kappa shape index (κ1) is 16.2. The lowest BCUT2D eigenvalue weighted by Crippen LogP contribution is -2.08. The van der Waals surface area contributed by atoms with Crippen LogP contribution in [0.15, 0.2) is 30.3 Å². The summed E-state index contributed by atoms with van der Waals surface area (Å²) in [6.45, 7) is 0. The van der Waals surface area contributed by atoms with Crippen LogP contribution in [0.2, 0.25) is 0 Å². The summed E-state index contributed by atoms with van der Waals surface area (Å²) in [5.74, 6) is -4.54. The lowest BCUT2D eigenvalue weighted by molar-refractivity contribution is -0.139. The zero-order valence-corrected chi connectivity index (χ0v) is 11.6. The molecule has 0 aliphatic heterocycles. The van der Waals surface area contributed by atoms with Gasteiger partial charge in [-0.3, -0.25) is 0 Å². The standard InChI is InChI=1S/C14H8F6O.CH4/c1-21-11-5-3-8(12(16)13(11)17)7-2-4-9(10(15)6-7)14(18,19)20;/h2-6H,1H3;1H4/i;1T. The highest BCUT2D eigenvalue weighted by Gasteiger charge is 2.34. The summed E-state index contributed by atoms with van der Waals surface area (Å²) in [6, 6.07) is 4.05. The summed E-state index contributed by atoms with van der Waals surface area (Å²) in [5, 5.41) is 0. The highest BCUT2D eigenvalue weighted by atomic mass is 19.4. The molecule has 0 radical (unpaired) electrons. The highest BCUT2D eigenvalue weighted by molar-refractivity contribution is 5.66. The molecule has 0 aromatic heterocycles. The Labute approximate surface area is 124 Å². The van der Waals surface area contributed by atoms with Crippen LogP contribution in [-0.4, -0.2) is 7.11 Å². The van der Waals surface area contributed by atoms with Crippen LogP contribution >= 0.6 is 0 Å². The maximum absolute atomic E-state index is 13.8. The van der Waals surface area contributed by atoms with Crippen molar-refractivity contribution in [1.82, 2.24) is 0 Å². The van der Waals surface area contributed by atoms with Crippen LogP contribution in [-0.2, 0) is 6.18 Å². The van der Waals surface area contributed by atoms with Crippen molar-refractivity contribution < 1.29 is 32.5 Å². The average Bonchev–Trinajstić information content (AvgIpc) is 2.50. The third-order valence-electron chi connectivity index (χ3n) is 2.85. The number of hydrogen-bond donors (Lipinski definition) is 0. The molecule has 0 atom stereocenters. The lowest BCUT2D eigenvalue weighted by atomic mass is 10.0. The molecule has 0 aliphatic carbocycles. The summed E-state index contributed by atoms with van der Waals surface area (Å²) in [6.07, 6.45) is -4.85. The minimum absolute atomic E-state index is 0.209. The van der Waals surface area contributed by atoms with E-state index in [-0.39, 0.29) is 16.9 Å². The van der Waals surface area contributed by atoms with Crippen molar-refractivity contribution in [2.45, 2.75) is 13.6 Å². The minimum Gasteiger partial charge on any atom is -0.494 e. The quantitative estimate of drug-likeness (QED) is 0.669. The van der Waals surface area contributed by atoms with Gasteiger partial charge in [0.1, 0.15) is 5.82 Å². The Balaban J connectivity index is 0.00000127. The molecule has 0 spiro atoms. The number of methoxy groups -OCH3 is 1. The third kappa shape index (κ3) is 3.18.